The van der Waals surface area contributed by atoms with Gasteiger partial charge in [0.2, 0.25) is 11.8 Å². The molecule has 2 amide bonds. The molecule has 0 saturated carbocycles. The largest absolute Gasteiger partial charge is 0.497 e. The van der Waals surface area contributed by atoms with Crippen molar-refractivity contribution in [1.29, 1.82) is 0 Å². The molecule has 0 spiro atoms. The fraction of sp³-hybridized carbons (Fsp3) is 0.130. The highest BCUT2D eigenvalue weighted by molar-refractivity contribution is 8.15. The van der Waals surface area contributed by atoms with Crippen molar-refractivity contribution in [2.24, 2.45) is 10.2 Å². The zero-order chi connectivity index (χ0) is 23.2. The molecule has 1 aliphatic heterocycles. The number of benzene rings is 2. The van der Waals surface area contributed by atoms with Crippen molar-refractivity contribution in [3.63, 3.8) is 0 Å². The van der Waals surface area contributed by atoms with Gasteiger partial charge in [0.25, 0.3) is 0 Å². The number of furan rings is 1. The average molecular weight is 483 g/mol. The van der Waals surface area contributed by atoms with E-state index < -0.39 is 5.25 Å². The summed E-state index contributed by atoms with van der Waals surface area (Å²) in [5, 5.41) is 13.7. The molecule has 2 aromatic carbocycles. The molecule has 2 heterocycles. The highest BCUT2D eigenvalue weighted by atomic mass is 35.5. The number of nitrogens with one attached hydrogen (secondary N) is 2. The number of methoxy groups -OCH3 is 1. The summed E-state index contributed by atoms with van der Waals surface area (Å²) in [5.74, 6) is 1.27. The van der Waals surface area contributed by atoms with E-state index >= 15 is 0 Å². The van der Waals surface area contributed by atoms with Crippen LogP contribution in [0.25, 0.3) is 11.3 Å². The van der Waals surface area contributed by atoms with Crippen molar-refractivity contribution < 1.29 is 18.7 Å². The number of carbonyl (C=O) groups is 2. The van der Waals surface area contributed by atoms with Gasteiger partial charge in [0.15, 0.2) is 5.17 Å². The maximum atomic E-state index is 12.3. The summed E-state index contributed by atoms with van der Waals surface area (Å²) in [6, 6.07) is 17.8. The summed E-state index contributed by atoms with van der Waals surface area (Å²) in [6.45, 7) is 0. The maximum Gasteiger partial charge on any atom is 0.240 e. The maximum absolute atomic E-state index is 12.3. The van der Waals surface area contributed by atoms with E-state index in [2.05, 4.69) is 20.8 Å². The van der Waals surface area contributed by atoms with E-state index in [0.29, 0.717) is 33.1 Å². The van der Waals surface area contributed by atoms with E-state index in [1.165, 1.54) is 6.21 Å². The summed E-state index contributed by atoms with van der Waals surface area (Å²) in [5.41, 5.74) is 1.47. The lowest BCUT2D eigenvalue weighted by atomic mass is 10.2. The summed E-state index contributed by atoms with van der Waals surface area (Å²) in [6.07, 6.45) is 1.45. The minimum atomic E-state index is -0.588. The Morgan fingerprint density at radius 2 is 2.06 bits per heavy atom. The van der Waals surface area contributed by atoms with Gasteiger partial charge in [-0.2, -0.15) is 5.10 Å². The Kier molecular flexibility index (Phi) is 7.11. The van der Waals surface area contributed by atoms with Crippen LogP contribution in [0.15, 0.2) is 75.3 Å². The number of nitrogens with zero attached hydrogens (tertiary/aromatic N) is 2. The van der Waals surface area contributed by atoms with Crippen LogP contribution < -0.4 is 15.4 Å². The Labute approximate surface area is 199 Å². The number of thioether (sulfide) groups is 1. The molecule has 1 aliphatic rings. The molecule has 0 aliphatic carbocycles. The van der Waals surface area contributed by atoms with Crippen molar-refractivity contribution in [1.82, 2.24) is 5.32 Å². The van der Waals surface area contributed by atoms with Gasteiger partial charge in [-0.05, 0) is 48.5 Å². The zero-order valence-electron chi connectivity index (χ0n) is 17.4. The van der Waals surface area contributed by atoms with Gasteiger partial charge in [-0.15, -0.1) is 5.10 Å². The Morgan fingerprint density at radius 3 is 2.82 bits per heavy atom. The molecule has 4 rings (SSSR count). The van der Waals surface area contributed by atoms with Crippen LogP contribution in [0.4, 0.5) is 5.69 Å². The standard InChI is InChI=1S/C23H19ClN4O4S/c1-31-17-7-5-16(6-8-17)26-21(29)12-20-22(30)27-23(33-20)28-25-13-18-9-10-19(32-18)14-3-2-4-15(24)11-14/h2-11,13,20H,12H2,1H3,(H,26,29)(H,27,28,30)/b25-13+. The first kappa shape index (κ1) is 22.6. The molecule has 3 aromatic rings. The summed E-state index contributed by atoms with van der Waals surface area (Å²) < 4.78 is 10.8. The summed E-state index contributed by atoms with van der Waals surface area (Å²) in [7, 11) is 1.57. The fourth-order valence-electron chi connectivity index (χ4n) is 3.00. The highest BCUT2D eigenvalue weighted by Crippen LogP contribution is 2.25. The predicted molar refractivity (Wildman–Crippen MR) is 130 cm³/mol. The minimum Gasteiger partial charge on any atom is -0.497 e. The van der Waals surface area contributed by atoms with Crippen molar-refractivity contribution in [2.75, 3.05) is 12.4 Å². The first-order valence-electron chi connectivity index (χ1n) is 9.88. The number of amides is 2. The molecule has 8 nitrogen and oxygen atoms in total. The van der Waals surface area contributed by atoms with Gasteiger partial charge in [-0.1, -0.05) is 35.5 Å². The highest BCUT2D eigenvalue weighted by Gasteiger charge is 2.32. The number of anilines is 1. The Balaban J connectivity index is 1.31. The van der Waals surface area contributed by atoms with Crippen LogP contribution in [-0.2, 0) is 9.59 Å². The van der Waals surface area contributed by atoms with E-state index in [0.717, 1.165) is 17.3 Å². The molecule has 1 aromatic heterocycles. The molecule has 1 unspecified atom stereocenters. The van der Waals surface area contributed by atoms with Crippen LogP contribution >= 0.6 is 23.4 Å². The van der Waals surface area contributed by atoms with Crippen LogP contribution in [-0.4, -0.2) is 35.6 Å². The van der Waals surface area contributed by atoms with Gasteiger partial charge >= 0.3 is 0 Å². The Morgan fingerprint density at radius 1 is 1.24 bits per heavy atom. The Hall–Kier alpha value is -3.56. The van der Waals surface area contributed by atoms with Gasteiger partial charge in [0, 0.05) is 22.7 Å². The third kappa shape index (κ3) is 6.03. The van der Waals surface area contributed by atoms with E-state index in [-0.39, 0.29) is 18.2 Å². The second-order valence-corrected chi connectivity index (χ2v) is 8.57. The molecule has 1 atom stereocenters. The lowest BCUT2D eigenvalue weighted by Crippen LogP contribution is -2.28. The number of amidine groups is 1. The second-order valence-electron chi connectivity index (χ2n) is 6.94. The smallest absolute Gasteiger partial charge is 0.240 e. The van der Waals surface area contributed by atoms with Crippen molar-refractivity contribution in [2.45, 2.75) is 11.7 Å². The van der Waals surface area contributed by atoms with Crippen LogP contribution in [0, 0.1) is 0 Å². The third-order valence-corrected chi connectivity index (χ3v) is 5.90. The molecule has 0 radical (unpaired) electrons. The number of rotatable bonds is 7. The monoisotopic (exact) mass is 482 g/mol. The number of ether oxygens (including phenoxy) is 1. The van der Waals surface area contributed by atoms with Gasteiger partial charge in [0.05, 0.1) is 13.3 Å². The minimum absolute atomic E-state index is 0.00639. The molecule has 1 saturated heterocycles. The molecule has 33 heavy (non-hydrogen) atoms. The van der Waals surface area contributed by atoms with Crippen molar-refractivity contribution in [3.05, 3.63) is 71.4 Å². The second kappa shape index (κ2) is 10.4. The number of halogens is 1. The number of hydrogen-bond donors (Lipinski definition) is 2. The van der Waals surface area contributed by atoms with Gasteiger partial charge in [-0.3, -0.25) is 9.59 Å². The predicted octanol–water partition coefficient (Wildman–Crippen LogP) is 4.56. The van der Waals surface area contributed by atoms with Gasteiger partial charge in [0.1, 0.15) is 22.5 Å². The molecule has 0 bridgehead atoms. The normalized spacial score (nSPS) is 16.8. The zero-order valence-corrected chi connectivity index (χ0v) is 19.0. The van der Waals surface area contributed by atoms with Crippen LogP contribution in [0.1, 0.15) is 12.2 Å². The SMILES string of the molecule is COc1ccc(NC(=O)CC2S/C(=N\N=C\c3ccc(-c4cccc(Cl)c4)o3)NC2=O)cc1. The van der Waals surface area contributed by atoms with Gasteiger partial charge in [-0.25, -0.2) is 0 Å². The number of hydrogen-bond acceptors (Lipinski definition) is 7. The van der Waals surface area contributed by atoms with Gasteiger partial charge < -0.3 is 19.8 Å². The number of carbonyl (C=O) groups excluding carboxylic acids is 2. The lowest BCUT2D eigenvalue weighted by molar-refractivity contribution is -0.122. The third-order valence-electron chi connectivity index (χ3n) is 4.59. The van der Waals surface area contributed by atoms with E-state index in [4.69, 9.17) is 20.8 Å². The van der Waals surface area contributed by atoms with E-state index in [1.807, 2.05) is 18.2 Å². The lowest BCUT2D eigenvalue weighted by Gasteiger charge is -2.08. The molecular weight excluding hydrogens is 464 g/mol. The first-order chi connectivity index (χ1) is 16.0. The van der Waals surface area contributed by atoms with Crippen molar-refractivity contribution in [3.8, 4) is 17.1 Å². The molecular formula is C23H19ClN4O4S. The molecule has 1 fully saturated rings. The van der Waals surface area contributed by atoms with E-state index in [9.17, 15) is 9.59 Å². The quantitative estimate of drug-likeness (QED) is 0.379. The fourth-order valence-corrected chi connectivity index (χ4v) is 4.11. The van der Waals surface area contributed by atoms with Crippen LogP contribution in [0.3, 0.4) is 0 Å². The molecule has 2 N–H and O–H groups in total. The Bertz CT molecular complexity index is 1220. The summed E-state index contributed by atoms with van der Waals surface area (Å²) in [4.78, 5) is 24.5. The van der Waals surface area contributed by atoms with E-state index in [1.54, 1.807) is 49.6 Å². The average Bonchev–Trinajstić information content (AvgIpc) is 3.41. The van der Waals surface area contributed by atoms with Crippen LogP contribution in [0.5, 0.6) is 5.75 Å². The summed E-state index contributed by atoms with van der Waals surface area (Å²) >= 11 is 7.16. The van der Waals surface area contributed by atoms with Crippen molar-refractivity contribution >= 4 is 52.2 Å². The molecule has 10 heteroatoms. The topological polar surface area (TPSA) is 105 Å². The van der Waals surface area contributed by atoms with Crippen LogP contribution in [0.2, 0.25) is 5.02 Å². The first-order valence-corrected chi connectivity index (χ1v) is 11.1. The molecule has 168 valence electrons.